The number of nitrogens with one attached hydrogen (secondary N) is 1. The minimum absolute atomic E-state index is 0.0807. The number of rotatable bonds is 6. The van der Waals surface area contributed by atoms with Crippen LogP contribution < -0.4 is 15.0 Å². The quantitative estimate of drug-likeness (QED) is 0.763. The first-order valence-corrected chi connectivity index (χ1v) is 9.70. The van der Waals surface area contributed by atoms with E-state index < -0.39 is 6.04 Å². The van der Waals surface area contributed by atoms with Crippen molar-refractivity contribution in [3.05, 3.63) is 54.1 Å². The lowest BCUT2D eigenvalue weighted by Crippen LogP contribution is -2.34. The van der Waals surface area contributed by atoms with E-state index in [1.807, 2.05) is 36.4 Å². The van der Waals surface area contributed by atoms with Crippen LogP contribution in [0.4, 0.5) is 11.4 Å². The highest BCUT2D eigenvalue weighted by Crippen LogP contribution is 2.34. The average Bonchev–Trinajstić information content (AvgIpc) is 3.27. The highest BCUT2D eigenvalue weighted by Gasteiger charge is 2.38. The number of anilines is 2. The first kappa shape index (κ1) is 19.0. The minimum Gasteiger partial charge on any atom is -0.494 e. The van der Waals surface area contributed by atoms with Gasteiger partial charge in [-0.25, -0.2) is 0 Å². The molecular weight excluding hydrogens is 370 g/mol. The molecule has 4 rings (SSSR count). The molecule has 1 N–H and O–H groups in total. The molecule has 1 atom stereocenters. The number of likely N-dealkylation sites (tertiary alicyclic amines) is 1. The van der Waals surface area contributed by atoms with Gasteiger partial charge in [-0.2, -0.15) is 0 Å². The number of nitrogens with zero attached hydrogens (tertiary/aromatic N) is 2. The number of imide groups is 1. The van der Waals surface area contributed by atoms with E-state index in [9.17, 15) is 14.4 Å². The highest BCUT2D eigenvalue weighted by molar-refractivity contribution is 6.06. The third kappa shape index (κ3) is 3.81. The largest absolute Gasteiger partial charge is 0.494 e. The first-order valence-electron chi connectivity index (χ1n) is 9.70. The van der Waals surface area contributed by atoms with Crippen LogP contribution in [0.2, 0.25) is 0 Å². The molecule has 0 radical (unpaired) electrons. The third-order valence-corrected chi connectivity index (χ3v) is 5.31. The van der Waals surface area contributed by atoms with E-state index in [0.29, 0.717) is 24.4 Å². The second-order valence-electron chi connectivity index (χ2n) is 7.24. The SMILES string of the molecule is COc1cc(N[C@H]2CC(=O)N(Cc3ccccc3)C2=O)ccc1N1CCCC1=O. The van der Waals surface area contributed by atoms with E-state index >= 15 is 0 Å². The summed E-state index contributed by atoms with van der Waals surface area (Å²) < 4.78 is 5.46. The van der Waals surface area contributed by atoms with Crippen molar-refractivity contribution in [2.75, 3.05) is 23.9 Å². The van der Waals surface area contributed by atoms with Gasteiger partial charge in [0.1, 0.15) is 11.8 Å². The zero-order valence-electron chi connectivity index (χ0n) is 16.3. The Bertz CT molecular complexity index is 944. The maximum atomic E-state index is 12.8. The predicted octanol–water partition coefficient (Wildman–Crippen LogP) is 2.56. The van der Waals surface area contributed by atoms with Gasteiger partial charge in [0.25, 0.3) is 5.91 Å². The zero-order valence-corrected chi connectivity index (χ0v) is 16.3. The second kappa shape index (κ2) is 7.95. The summed E-state index contributed by atoms with van der Waals surface area (Å²) in [4.78, 5) is 40.2. The predicted molar refractivity (Wildman–Crippen MR) is 109 cm³/mol. The number of benzene rings is 2. The molecule has 29 heavy (non-hydrogen) atoms. The van der Waals surface area contributed by atoms with Crippen LogP contribution in [0.5, 0.6) is 5.75 Å². The normalized spacial score (nSPS) is 19.2. The van der Waals surface area contributed by atoms with Crippen molar-refractivity contribution >= 4 is 29.1 Å². The fourth-order valence-corrected chi connectivity index (χ4v) is 3.82. The summed E-state index contributed by atoms with van der Waals surface area (Å²) in [7, 11) is 1.55. The average molecular weight is 393 g/mol. The molecule has 2 aromatic rings. The smallest absolute Gasteiger partial charge is 0.252 e. The number of amides is 3. The van der Waals surface area contributed by atoms with Gasteiger partial charge in [0.2, 0.25) is 11.8 Å². The summed E-state index contributed by atoms with van der Waals surface area (Å²) >= 11 is 0. The Kier molecular flexibility index (Phi) is 5.20. The van der Waals surface area contributed by atoms with Crippen LogP contribution in [0.15, 0.2) is 48.5 Å². The van der Waals surface area contributed by atoms with Crippen LogP contribution in [0.25, 0.3) is 0 Å². The van der Waals surface area contributed by atoms with Crippen LogP contribution in [0.1, 0.15) is 24.8 Å². The Hall–Kier alpha value is -3.35. The molecule has 2 aliphatic rings. The molecule has 0 unspecified atom stereocenters. The van der Waals surface area contributed by atoms with Crippen molar-refractivity contribution in [2.45, 2.75) is 31.8 Å². The molecule has 2 heterocycles. The van der Waals surface area contributed by atoms with Gasteiger partial charge in [-0.1, -0.05) is 30.3 Å². The van der Waals surface area contributed by atoms with Gasteiger partial charge in [-0.05, 0) is 24.1 Å². The zero-order chi connectivity index (χ0) is 20.4. The molecule has 0 aliphatic carbocycles. The summed E-state index contributed by atoms with van der Waals surface area (Å²) in [6.07, 6.45) is 1.48. The maximum absolute atomic E-state index is 12.8. The maximum Gasteiger partial charge on any atom is 0.252 e. The fraction of sp³-hybridized carbons (Fsp3) is 0.318. The van der Waals surface area contributed by atoms with E-state index in [1.165, 1.54) is 4.90 Å². The van der Waals surface area contributed by atoms with Crippen LogP contribution in [-0.4, -0.2) is 42.3 Å². The van der Waals surface area contributed by atoms with Crippen molar-refractivity contribution in [1.29, 1.82) is 0 Å². The Balaban J connectivity index is 1.48. The Morgan fingerprint density at radius 3 is 2.55 bits per heavy atom. The molecule has 2 saturated heterocycles. The van der Waals surface area contributed by atoms with Crippen molar-refractivity contribution in [2.24, 2.45) is 0 Å². The molecule has 0 aromatic heterocycles. The minimum atomic E-state index is -0.616. The van der Waals surface area contributed by atoms with Crippen molar-refractivity contribution in [1.82, 2.24) is 4.90 Å². The molecule has 3 amide bonds. The van der Waals surface area contributed by atoms with Crippen molar-refractivity contribution < 1.29 is 19.1 Å². The van der Waals surface area contributed by atoms with Gasteiger partial charge in [0.05, 0.1) is 25.8 Å². The molecule has 150 valence electrons. The topological polar surface area (TPSA) is 79.0 Å². The van der Waals surface area contributed by atoms with Gasteiger partial charge in [0, 0.05) is 24.7 Å². The number of carbonyl (C=O) groups excluding carboxylic acids is 3. The Labute approximate surface area is 169 Å². The fourth-order valence-electron chi connectivity index (χ4n) is 3.82. The third-order valence-electron chi connectivity index (χ3n) is 5.31. The summed E-state index contributed by atoms with van der Waals surface area (Å²) in [5, 5.41) is 3.15. The monoisotopic (exact) mass is 393 g/mol. The Morgan fingerprint density at radius 1 is 1.07 bits per heavy atom. The van der Waals surface area contributed by atoms with Gasteiger partial charge in [0.15, 0.2) is 0 Å². The number of hydrogen-bond acceptors (Lipinski definition) is 5. The van der Waals surface area contributed by atoms with Gasteiger partial charge in [-0.15, -0.1) is 0 Å². The van der Waals surface area contributed by atoms with Crippen LogP contribution >= 0.6 is 0 Å². The van der Waals surface area contributed by atoms with E-state index in [4.69, 9.17) is 4.74 Å². The van der Waals surface area contributed by atoms with E-state index in [0.717, 1.165) is 17.7 Å². The number of hydrogen-bond donors (Lipinski definition) is 1. The number of ether oxygens (including phenoxy) is 1. The van der Waals surface area contributed by atoms with Crippen molar-refractivity contribution in [3.8, 4) is 5.75 Å². The summed E-state index contributed by atoms with van der Waals surface area (Å²) in [5.74, 6) is 0.208. The standard InChI is InChI=1S/C22H23N3O4/c1-29-19-12-16(9-10-18(19)24-11-5-8-20(24)26)23-17-13-21(27)25(22(17)28)14-15-6-3-2-4-7-15/h2-4,6-7,9-10,12,17,23H,5,8,11,13-14H2,1H3/t17-/m0/s1. The second-order valence-corrected chi connectivity index (χ2v) is 7.24. The lowest BCUT2D eigenvalue weighted by Gasteiger charge is -2.21. The molecule has 2 aromatic carbocycles. The molecule has 2 aliphatic heterocycles. The number of carbonyl (C=O) groups is 3. The molecule has 7 nitrogen and oxygen atoms in total. The molecule has 2 fully saturated rings. The summed E-state index contributed by atoms with van der Waals surface area (Å²) in [5.41, 5.74) is 2.31. The van der Waals surface area contributed by atoms with Crippen LogP contribution in [-0.2, 0) is 20.9 Å². The van der Waals surface area contributed by atoms with Crippen LogP contribution in [0, 0.1) is 0 Å². The molecule has 0 bridgehead atoms. The molecule has 7 heteroatoms. The van der Waals surface area contributed by atoms with E-state index in [-0.39, 0.29) is 30.7 Å². The summed E-state index contributed by atoms with van der Waals surface area (Å²) in [6, 6.07) is 14.2. The molecular formula is C22H23N3O4. The van der Waals surface area contributed by atoms with Crippen molar-refractivity contribution in [3.63, 3.8) is 0 Å². The van der Waals surface area contributed by atoms with Gasteiger partial charge < -0.3 is 15.0 Å². The molecule has 0 saturated carbocycles. The van der Waals surface area contributed by atoms with E-state index in [2.05, 4.69) is 5.32 Å². The Morgan fingerprint density at radius 2 is 1.86 bits per heavy atom. The first-order chi connectivity index (χ1) is 14.1. The van der Waals surface area contributed by atoms with Gasteiger partial charge >= 0.3 is 0 Å². The van der Waals surface area contributed by atoms with Crippen LogP contribution in [0.3, 0.4) is 0 Å². The van der Waals surface area contributed by atoms with Gasteiger partial charge in [-0.3, -0.25) is 19.3 Å². The van der Waals surface area contributed by atoms with E-state index in [1.54, 1.807) is 24.1 Å². The molecule has 0 spiro atoms. The lowest BCUT2D eigenvalue weighted by atomic mass is 10.2. The lowest BCUT2D eigenvalue weighted by molar-refractivity contribution is -0.139. The number of methoxy groups -OCH3 is 1. The highest BCUT2D eigenvalue weighted by atomic mass is 16.5. The summed E-state index contributed by atoms with van der Waals surface area (Å²) in [6.45, 7) is 0.946.